The van der Waals surface area contributed by atoms with E-state index in [-0.39, 0.29) is 0 Å². The van der Waals surface area contributed by atoms with Crippen LogP contribution in [0.1, 0.15) is 18.1 Å². The van der Waals surface area contributed by atoms with Crippen LogP contribution in [0.5, 0.6) is 17.2 Å². The maximum Gasteiger partial charge on any atom is 0.203 e. The van der Waals surface area contributed by atoms with Gasteiger partial charge in [-0.1, -0.05) is 30.3 Å². The molecule has 0 radical (unpaired) electrons. The number of hydrogen-bond donors (Lipinski definition) is 2. The number of ether oxygens (including phenoxy) is 3. The van der Waals surface area contributed by atoms with E-state index in [0.717, 1.165) is 23.6 Å². The first kappa shape index (κ1) is 19.4. The molecule has 0 aliphatic heterocycles. The number of hydrogen-bond acceptors (Lipinski definition) is 4. The lowest BCUT2D eigenvalue weighted by atomic mass is 10.1. The molecule has 0 saturated heterocycles. The highest BCUT2D eigenvalue weighted by Crippen LogP contribution is 2.39. The second-order valence-electron chi connectivity index (χ2n) is 5.53. The molecule has 2 aromatic carbocycles. The molecule has 2 aromatic rings. The molecule has 0 aliphatic carbocycles. The number of methoxy groups -OCH3 is 3. The molecule has 0 spiro atoms. The summed E-state index contributed by atoms with van der Waals surface area (Å²) >= 11 is 0. The molecular weight excluding hydrogens is 330 g/mol. The quantitative estimate of drug-likeness (QED) is 0.562. The summed E-state index contributed by atoms with van der Waals surface area (Å²) in [6, 6.07) is 14.0. The van der Waals surface area contributed by atoms with Crippen molar-refractivity contribution in [3.63, 3.8) is 0 Å². The Morgan fingerprint density at radius 2 is 1.62 bits per heavy atom. The van der Waals surface area contributed by atoms with Crippen LogP contribution in [0.2, 0.25) is 0 Å². The predicted molar refractivity (Wildman–Crippen MR) is 104 cm³/mol. The first-order valence-electron chi connectivity index (χ1n) is 8.57. The van der Waals surface area contributed by atoms with Gasteiger partial charge in [0.1, 0.15) is 0 Å². The van der Waals surface area contributed by atoms with Gasteiger partial charge in [0.15, 0.2) is 17.5 Å². The Hall–Kier alpha value is -2.89. The Labute approximate surface area is 155 Å². The third kappa shape index (κ3) is 5.05. The van der Waals surface area contributed by atoms with E-state index in [1.807, 2.05) is 37.3 Å². The van der Waals surface area contributed by atoms with Gasteiger partial charge in [-0.2, -0.15) is 0 Å². The van der Waals surface area contributed by atoms with Gasteiger partial charge in [0.25, 0.3) is 0 Å². The van der Waals surface area contributed by atoms with Crippen molar-refractivity contribution in [1.82, 2.24) is 10.6 Å². The van der Waals surface area contributed by atoms with Crippen molar-refractivity contribution >= 4 is 5.96 Å². The summed E-state index contributed by atoms with van der Waals surface area (Å²) in [5.41, 5.74) is 2.11. The van der Waals surface area contributed by atoms with Gasteiger partial charge in [-0.3, -0.25) is 0 Å². The fourth-order valence-electron chi connectivity index (χ4n) is 2.58. The van der Waals surface area contributed by atoms with Crippen LogP contribution in [0.4, 0.5) is 0 Å². The molecule has 0 aromatic heterocycles. The largest absolute Gasteiger partial charge is 0.493 e. The molecule has 2 rings (SSSR count). The molecule has 0 bridgehead atoms. The van der Waals surface area contributed by atoms with Crippen molar-refractivity contribution < 1.29 is 14.2 Å². The summed E-state index contributed by atoms with van der Waals surface area (Å²) in [7, 11) is 4.83. The SMILES string of the molecule is CCNC(=NCc1ccccc1)NCc1ccc(OC)c(OC)c1OC. The average Bonchev–Trinajstić information content (AvgIpc) is 2.69. The second kappa shape index (κ2) is 10.2. The van der Waals surface area contributed by atoms with Crippen LogP contribution in [0.25, 0.3) is 0 Å². The fourth-order valence-corrected chi connectivity index (χ4v) is 2.58. The van der Waals surface area contributed by atoms with E-state index >= 15 is 0 Å². The Kier molecular flexibility index (Phi) is 7.61. The summed E-state index contributed by atoms with van der Waals surface area (Å²) in [4.78, 5) is 4.63. The lowest BCUT2D eigenvalue weighted by Crippen LogP contribution is -2.36. The lowest BCUT2D eigenvalue weighted by molar-refractivity contribution is 0.322. The van der Waals surface area contributed by atoms with Crippen molar-refractivity contribution in [2.24, 2.45) is 4.99 Å². The minimum Gasteiger partial charge on any atom is -0.493 e. The molecule has 2 N–H and O–H groups in total. The summed E-state index contributed by atoms with van der Waals surface area (Å²) in [5.74, 6) is 2.62. The second-order valence-corrected chi connectivity index (χ2v) is 5.53. The number of nitrogens with one attached hydrogen (secondary N) is 2. The van der Waals surface area contributed by atoms with Crippen LogP contribution < -0.4 is 24.8 Å². The van der Waals surface area contributed by atoms with Crippen LogP contribution >= 0.6 is 0 Å². The Morgan fingerprint density at radius 1 is 0.885 bits per heavy atom. The van der Waals surface area contributed by atoms with E-state index < -0.39 is 0 Å². The molecule has 0 saturated carbocycles. The number of benzene rings is 2. The third-order valence-electron chi connectivity index (χ3n) is 3.84. The minimum absolute atomic E-state index is 0.546. The average molecular weight is 357 g/mol. The smallest absolute Gasteiger partial charge is 0.203 e. The van der Waals surface area contributed by atoms with Crippen LogP contribution in [0.3, 0.4) is 0 Å². The van der Waals surface area contributed by atoms with Crippen LogP contribution in [0.15, 0.2) is 47.5 Å². The van der Waals surface area contributed by atoms with Gasteiger partial charge in [-0.05, 0) is 24.6 Å². The summed E-state index contributed by atoms with van der Waals surface area (Å²) in [6.07, 6.45) is 0. The number of guanidine groups is 1. The Morgan fingerprint density at radius 3 is 2.23 bits per heavy atom. The zero-order chi connectivity index (χ0) is 18.8. The molecule has 140 valence electrons. The summed E-state index contributed by atoms with van der Waals surface area (Å²) < 4.78 is 16.3. The first-order valence-corrected chi connectivity index (χ1v) is 8.57. The lowest BCUT2D eigenvalue weighted by Gasteiger charge is -2.17. The highest BCUT2D eigenvalue weighted by atomic mass is 16.5. The van der Waals surface area contributed by atoms with E-state index in [1.54, 1.807) is 21.3 Å². The third-order valence-corrected chi connectivity index (χ3v) is 3.84. The normalized spacial score (nSPS) is 11.0. The minimum atomic E-state index is 0.546. The molecule has 6 nitrogen and oxygen atoms in total. The van der Waals surface area contributed by atoms with Gasteiger partial charge in [-0.15, -0.1) is 0 Å². The van der Waals surface area contributed by atoms with Gasteiger partial charge in [0, 0.05) is 18.7 Å². The zero-order valence-corrected chi connectivity index (χ0v) is 15.8. The molecule has 26 heavy (non-hydrogen) atoms. The van der Waals surface area contributed by atoms with Crippen molar-refractivity contribution in [2.45, 2.75) is 20.0 Å². The fraction of sp³-hybridized carbons (Fsp3) is 0.350. The molecule has 0 aliphatic rings. The molecule has 6 heteroatoms. The number of rotatable bonds is 8. The van der Waals surface area contributed by atoms with Crippen LogP contribution in [-0.2, 0) is 13.1 Å². The molecule has 0 heterocycles. The van der Waals surface area contributed by atoms with Crippen LogP contribution in [0, 0.1) is 0 Å². The monoisotopic (exact) mass is 357 g/mol. The molecule has 0 atom stereocenters. The molecule has 0 unspecified atom stereocenters. The van der Waals surface area contributed by atoms with Crippen molar-refractivity contribution in [3.05, 3.63) is 53.6 Å². The van der Waals surface area contributed by atoms with E-state index in [0.29, 0.717) is 30.3 Å². The van der Waals surface area contributed by atoms with Gasteiger partial charge in [-0.25, -0.2) is 4.99 Å². The van der Waals surface area contributed by atoms with Crippen LogP contribution in [-0.4, -0.2) is 33.8 Å². The van der Waals surface area contributed by atoms with E-state index in [9.17, 15) is 0 Å². The van der Waals surface area contributed by atoms with E-state index in [2.05, 4.69) is 27.8 Å². The first-order chi connectivity index (χ1) is 12.7. The number of aliphatic imine (C=N–C) groups is 1. The van der Waals surface area contributed by atoms with E-state index in [1.165, 1.54) is 0 Å². The van der Waals surface area contributed by atoms with Gasteiger partial charge in [0.05, 0.1) is 27.9 Å². The Bertz CT molecular complexity index is 718. The maximum absolute atomic E-state index is 5.53. The topological polar surface area (TPSA) is 64.1 Å². The van der Waals surface area contributed by atoms with Gasteiger partial charge < -0.3 is 24.8 Å². The van der Waals surface area contributed by atoms with Gasteiger partial charge >= 0.3 is 0 Å². The van der Waals surface area contributed by atoms with Crippen molar-refractivity contribution in [1.29, 1.82) is 0 Å². The molecular formula is C20H27N3O3. The summed E-state index contributed by atoms with van der Waals surface area (Å²) in [6.45, 7) is 3.98. The zero-order valence-electron chi connectivity index (χ0n) is 15.8. The highest BCUT2D eigenvalue weighted by Gasteiger charge is 2.15. The molecule has 0 fully saturated rings. The maximum atomic E-state index is 5.53. The van der Waals surface area contributed by atoms with Crippen molar-refractivity contribution in [2.75, 3.05) is 27.9 Å². The van der Waals surface area contributed by atoms with E-state index in [4.69, 9.17) is 14.2 Å². The number of nitrogens with zero attached hydrogens (tertiary/aromatic N) is 1. The Balaban J connectivity index is 2.13. The standard InChI is InChI=1S/C20H27N3O3/c1-5-21-20(22-13-15-9-7-6-8-10-15)23-14-16-11-12-17(24-2)19(26-4)18(16)25-3/h6-12H,5,13-14H2,1-4H3,(H2,21,22,23). The van der Waals surface area contributed by atoms with Gasteiger partial charge in [0.2, 0.25) is 5.75 Å². The summed E-state index contributed by atoms with van der Waals surface area (Å²) in [5, 5.41) is 6.59. The van der Waals surface area contributed by atoms with Crippen molar-refractivity contribution in [3.8, 4) is 17.2 Å². The predicted octanol–water partition coefficient (Wildman–Crippen LogP) is 2.97. The highest BCUT2D eigenvalue weighted by molar-refractivity contribution is 5.79. The molecule has 0 amide bonds.